The van der Waals surface area contributed by atoms with Crippen molar-refractivity contribution in [1.82, 2.24) is 4.90 Å². The van der Waals surface area contributed by atoms with Gasteiger partial charge in [-0.05, 0) is 6.08 Å². The Labute approximate surface area is 96.3 Å². The van der Waals surface area contributed by atoms with Gasteiger partial charge in [-0.25, -0.2) is 4.79 Å². The minimum Gasteiger partial charge on any atom is -0.477 e. The van der Waals surface area contributed by atoms with E-state index in [1.165, 1.54) is 22.7 Å². The van der Waals surface area contributed by atoms with E-state index in [-0.39, 0.29) is 17.0 Å². The van der Waals surface area contributed by atoms with Crippen molar-refractivity contribution >= 4 is 23.6 Å². The maximum atomic E-state index is 11.5. The van der Waals surface area contributed by atoms with E-state index in [1.807, 2.05) is 0 Å². The molecule has 2 atom stereocenters. The van der Waals surface area contributed by atoms with Gasteiger partial charge in [0.25, 0.3) is 0 Å². The molecule has 2 aliphatic heterocycles. The summed E-state index contributed by atoms with van der Waals surface area (Å²) >= 11 is 1.45. The van der Waals surface area contributed by atoms with Gasteiger partial charge in [0.2, 0.25) is 5.91 Å². The van der Waals surface area contributed by atoms with Crippen molar-refractivity contribution < 1.29 is 14.7 Å². The summed E-state index contributed by atoms with van der Waals surface area (Å²) in [7, 11) is 0. The number of carbonyl (C=O) groups excluding carboxylic acids is 1. The van der Waals surface area contributed by atoms with Crippen LogP contribution in [0.4, 0.5) is 0 Å². The molecule has 1 saturated heterocycles. The summed E-state index contributed by atoms with van der Waals surface area (Å²) in [5, 5.41) is 8.84. The van der Waals surface area contributed by atoms with Gasteiger partial charge in [0.1, 0.15) is 17.1 Å². The summed E-state index contributed by atoms with van der Waals surface area (Å²) < 4.78 is 0. The van der Waals surface area contributed by atoms with E-state index in [1.54, 1.807) is 0 Å². The van der Waals surface area contributed by atoms with Crippen LogP contribution >= 0.6 is 11.8 Å². The second-order valence-electron chi connectivity index (χ2n) is 3.46. The van der Waals surface area contributed by atoms with Gasteiger partial charge in [-0.1, -0.05) is 6.58 Å². The molecule has 5 nitrogen and oxygen atoms in total. The molecule has 2 rings (SSSR count). The van der Waals surface area contributed by atoms with Gasteiger partial charge in [-0.2, -0.15) is 0 Å². The molecule has 1 amide bonds. The zero-order chi connectivity index (χ0) is 11.9. The molecule has 2 aliphatic rings. The van der Waals surface area contributed by atoms with E-state index < -0.39 is 12.0 Å². The maximum Gasteiger partial charge on any atom is 0.352 e. The maximum absolute atomic E-state index is 11.5. The predicted molar refractivity (Wildman–Crippen MR) is 59.4 cm³/mol. The molecule has 0 bridgehead atoms. The highest BCUT2D eigenvalue weighted by Gasteiger charge is 2.51. The van der Waals surface area contributed by atoms with E-state index in [9.17, 15) is 9.59 Å². The van der Waals surface area contributed by atoms with Crippen molar-refractivity contribution in [2.45, 2.75) is 11.4 Å². The van der Waals surface area contributed by atoms with Crippen LogP contribution in [0.1, 0.15) is 0 Å². The average molecular weight is 238 g/mol. The number of nitrogens with two attached hydrogens (primary N) is 1. The molecule has 0 aliphatic carbocycles. The van der Waals surface area contributed by atoms with Crippen molar-refractivity contribution in [3.05, 3.63) is 29.7 Å². The number of β-lactam (4-membered cyclic amide) rings is 1. The molecule has 0 aromatic heterocycles. The first-order chi connectivity index (χ1) is 7.57. The third-order valence-corrected chi connectivity index (χ3v) is 3.84. The number of hydrogen-bond donors (Lipinski definition) is 2. The molecule has 0 aromatic carbocycles. The lowest BCUT2D eigenvalue weighted by atomic mass is 10.0. The van der Waals surface area contributed by atoms with E-state index in [2.05, 4.69) is 12.3 Å². The van der Waals surface area contributed by atoms with Crippen molar-refractivity contribution in [3.8, 4) is 0 Å². The van der Waals surface area contributed by atoms with E-state index in [0.717, 1.165) is 0 Å². The zero-order valence-electron chi connectivity index (χ0n) is 8.34. The Morgan fingerprint density at radius 2 is 2.44 bits per heavy atom. The molecule has 2 heterocycles. The van der Waals surface area contributed by atoms with E-state index in [4.69, 9.17) is 10.8 Å². The smallest absolute Gasteiger partial charge is 0.352 e. The standard InChI is InChI=1S/C10H10N2O3S/c1-2-3-5-4-16-9-6(11)8(13)12(9)7(5)10(14)15/h3,6,9H,1,4,11H2,(H,14,15)/t6?,9-/m1/s1. The molecule has 0 saturated carbocycles. The highest BCUT2D eigenvalue weighted by Crippen LogP contribution is 2.39. The molecular formula is C10H10N2O3S. The van der Waals surface area contributed by atoms with Crippen LogP contribution in [0.15, 0.2) is 29.7 Å². The van der Waals surface area contributed by atoms with Crippen LogP contribution in [0.5, 0.6) is 0 Å². The van der Waals surface area contributed by atoms with Crippen molar-refractivity contribution in [1.29, 1.82) is 0 Å². The largest absolute Gasteiger partial charge is 0.477 e. The van der Waals surface area contributed by atoms with Gasteiger partial charge >= 0.3 is 5.97 Å². The molecule has 0 aromatic rings. The highest BCUT2D eigenvalue weighted by atomic mass is 32.2. The number of hydrogen-bond acceptors (Lipinski definition) is 4. The number of nitrogens with zero attached hydrogens (tertiary/aromatic N) is 1. The highest BCUT2D eigenvalue weighted by molar-refractivity contribution is 8.00. The number of carbonyl (C=O) groups is 2. The SMILES string of the molecule is C=C=CC1=C(C(=O)O)N2C(=O)C(N)[C@H]2SC1. The lowest BCUT2D eigenvalue weighted by Gasteiger charge is -2.47. The van der Waals surface area contributed by atoms with Crippen molar-refractivity contribution in [2.24, 2.45) is 5.73 Å². The minimum absolute atomic E-state index is 0.00611. The Bertz CT molecular complexity index is 451. The number of amides is 1. The second kappa shape index (κ2) is 3.83. The van der Waals surface area contributed by atoms with Crippen molar-refractivity contribution in [3.63, 3.8) is 0 Å². The second-order valence-corrected chi connectivity index (χ2v) is 4.57. The lowest BCUT2D eigenvalue weighted by molar-refractivity contribution is -0.147. The molecule has 0 radical (unpaired) electrons. The Hall–Kier alpha value is -1.49. The first-order valence-corrected chi connectivity index (χ1v) is 5.65. The summed E-state index contributed by atoms with van der Waals surface area (Å²) in [6, 6.07) is -0.589. The molecule has 6 heteroatoms. The minimum atomic E-state index is -1.12. The van der Waals surface area contributed by atoms with Crippen LogP contribution < -0.4 is 5.73 Å². The van der Waals surface area contributed by atoms with Crippen LogP contribution in [-0.4, -0.2) is 39.1 Å². The molecular weight excluding hydrogens is 228 g/mol. The molecule has 84 valence electrons. The Kier molecular flexibility index (Phi) is 2.63. The van der Waals surface area contributed by atoms with Gasteiger partial charge in [0.15, 0.2) is 0 Å². The number of rotatable bonds is 2. The predicted octanol–water partition coefficient (Wildman–Crippen LogP) is -0.0914. The van der Waals surface area contributed by atoms with Crippen LogP contribution in [-0.2, 0) is 9.59 Å². The normalized spacial score (nSPS) is 28.1. The first kappa shape index (κ1) is 11.0. The Balaban J connectivity index is 2.45. The fourth-order valence-electron chi connectivity index (χ4n) is 1.77. The van der Waals surface area contributed by atoms with Crippen LogP contribution in [0.25, 0.3) is 0 Å². The zero-order valence-corrected chi connectivity index (χ0v) is 9.16. The van der Waals surface area contributed by atoms with Crippen LogP contribution in [0, 0.1) is 0 Å². The quantitative estimate of drug-likeness (QED) is 0.519. The van der Waals surface area contributed by atoms with Gasteiger partial charge in [0, 0.05) is 11.3 Å². The summed E-state index contributed by atoms with van der Waals surface area (Å²) in [6.07, 6.45) is 1.49. The number of aliphatic carboxylic acids is 1. The summed E-state index contributed by atoms with van der Waals surface area (Å²) in [4.78, 5) is 23.9. The number of fused-ring (bicyclic) bond motifs is 1. The van der Waals surface area contributed by atoms with Crippen LogP contribution in [0.3, 0.4) is 0 Å². The Morgan fingerprint density at radius 1 is 1.75 bits per heavy atom. The number of carboxylic acid groups (broad SMARTS) is 1. The van der Waals surface area contributed by atoms with Gasteiger partial charge in [-0.15, -0.1) is 17.5 Å². The summed E-state index contributed by atoms with van der Waals surface area (Å²) in [5.74, 6) is -0.955. The lowest BCUT2D eigenvalue weighted by Crippen LogP contribution is -2.68. The third-order valence-electron chi connectivity index (χ3n) is 2.52. The van der Waals surface area contributed by atoms with E-state index in [0.29, 0.717) is 11.3 Å². The molecule has 16 heavy (non-hydrogen) atoms. The monoisotopic (exact) mass is 238 g/mol. The van der Waals surface area contributed by atoms with E-state index >= 15 is 0 Å². The third kappa shape index (κ3) is 1.39. The van der Waals surface area contributed by atoms with Crippen molar-refractivity contribution in [2.75, 3.05) is 5.75 Å². The fourth-order valence-corrected chi connectivity index (χ4v) is 3.03. The molecule has 0 spiro atoms. The number of carboxylic acids is 1. The molecule has 3 N–H and O–H groups in total. The topological polar surface area (TPSA) is 83.6 Å². The van der Waals surface area contributed by atoms with Crippen LogP contribution in [0.2, 0.25) is 0 Å². The number of allylic oxidation sites excluding steroid dienone is 1. The molecule has 1 unspecified atom stereocenters. The van der Waals surface area contributed by atoms with Gasteiger partial charge < -0.3 is 10.8 Å². The first-order valence-electron chi connectivity index (χ1n) is 4.60. The van der Waals surface area contributed by atoms with Gasteiger partial charge in [0.05, 0.1) is 0 Å². The number of thioether (sulfide) groups is 1. The van der Waals surface area contributed by atoms with Gasteiger partial charge in [-0.3, -0.25) is 9.69 Å². The summed E-state index contributed by atoms with van der Waals surface area (Å²) in [6.45, 7) is 3.40. The Morgan fingerprint density at radius 3 is 3.00 bits per heavy atom. The average Bonchev–Trinajstić information content (AvgIpc) is 2.27. The fraction of sp³-hybridized carbons (Fsp3) is 0.300. The molecule has 1 fully saturated rings. The summed E-state index contributed by atoms with van der Waals surface area (Å²) in [5.41, 5.74) is 8.67.